The summed E-state index contributed by atoms with van der Waals surface area (Å²) in [6.45, 7) is 0. The summed E-state index contributed by atoms with van der Waals surface area (Å²) in [7, 11) is 0. The molecular weight excluding hydrogens is 188 g/mol. The van der Waals surface area contributed by atoms with Gasteiger partial charge in [0, 0.05) is 0 Å². The first-order valence-corrected chi connectivity index (χ1v) is 5.32. The van der Waals surface area contributed by atoms with Crippen LogP contribution in [-0.2, 0) is 4.79 Å². The van der Waals surface area contributed by atoms with Crippen molar-refractivity contribution in [2.45, 2.75) is 19.3 Å². The van der Waals surface area contributed by atoms with Gasteiger partial charge in [-0.2, -0.15) is 5.10 Å². The molecule has 1 aliphatic carbocycles. The van der Waals surface area contributed by atoms with E-state index in [9.17, 15) is 4.79 Å². The van der Waals surface area contributed by atoms with Crippen molar-refractivity contribution in [3.05, 3.63) is 30.3 Å². The molecule has 1 heterocycles. The van der Waals surface area contributed by atoms with Crippen molar-refractivity contribution in [1.82, 2.24) is 0 Å². The van der Waals surface area contributed by atoms with Gasteiger partial charge in [0.05, 0.1) is 17.3 Å². The molecular formula is C12H12N2O. The lowest BCUT2D eigenvalue weighted by Crippen LogP contribution is -2.25. The van der Waals surface area contributed by atoms with Gasteiger partial charge in [-0.3, -0.25) is 4.79 Å². The first-order chi connectivity index (χ1) is 7.36. The van der Waals surface area contributed by atoms with Gasteiger partial charge in [-0.15, -0.1) is 0 Å². The molecule has 0 aromatic heterocycles. The normalized spacial score (nSPS) is 24.3. The summed E-state index contributed by atoms with van der Waals surface area (Å²) in [5, 5.41) is 5.96. The molecule has 0 N–H and O–H groups in total. The molecule has 76 valence electrons. The van der Waals surface area contributed by atoms with Crippen LogP contribution in [0.2, 0.25) is 0 Å². The van der Waals surface area contributed by atoms with Crippen LogP contribution in [-0.4, -0.2) is 11.6 Å². The maximum Gasteiger partial charge on any atom is 0.256 e. The van der Waals surface area contributed by atoms with Gasteiger partial charge in [0.1, 0.15) is 0 Å². The van der Waals surface area contributed by atoms with Gasteiger partial charge in [-0.05, 0) is 31.4 Å². The third-order valence-corrected chi connectivity index (χ3v) is 3.06. The van der Waals surface area contributed by atoms with Crippen LogP contribution in [0.4, 0.5) is 5.69 Å². The van der Waals surface area contributed by atoms with Crippen LogP contribution in [0.5, 0.6) is 0 Å². The van der Waals surface area contributed by atoms with Crippen LogP contribution in [0.15, 0.2) is 35.4 Å². The number of rotatable bonds is 1. The van der Waals surface area contributed by atoms with E-state index in [2.05, 4.69) is 5.10 Å². The number of para-hydroxylation sites is 1. The van der Waals surface area contributed by atoms with Gasteiger partial charge < -0.3 is 0 Å². The Bertz CT molecular complexity index is 425. The van der Waals surface area contributed by atoms with Crippen LogP contribution in [0, 0.1) is 5.92 Å². The standard InChI is InChI=1S/C12H12N2O/c15-12-10-7-4-8-11(10)13-14(12)9-5-2-1-3-6-9/h1-3,5-6,10H,4,7-8H2/t10-/m0/s1. The highest BCUT2D eigenvalue weighted by atomic mass is 16.2. The number of amides is 1. The highest BCUT2D eigenvalue weighted by molar-refractivity contribution is 6.16. The molecule has 2 aliphatic rings. The van der Waals surface area contributed by atoms with Crippen LogP contribution >= 0.6 is 0 Å². The Kier molecular flexibility index (Phi) is 1.84. The number of fused-ring (bicyclic) bond motifs is 1. The molecule has 0 spiro atoms. The molecule has 0 saturated heterocycles. The number of nitrogens with zero attached hydrogens (tertiary/aromatic N) is 2. The highest BCUT2D eigenvalue weighted by Gasteiger charge is 2.39. The topological polar surface area (TPSA) is 32.7 Å². The summed E-state index contributed by atoms with van der Waals surface area (Å²) in [6.07, 6.45) is 3.07. The maximum atomic E-state index is 12.0. The summed E-state index contributed by atoms with van der Waals surface area (Å²) in [6, 6.07) is 9.64. The fourth-order valence-electron chi connectivity index (χ4n) is 2.29. The SMILES string of the molecule is O=C1[C@H]2CCCC2=NN1c1ccccc1. The van der Waals surface area contributed by atoms with Gasteiger partial charge in [0.25, 0.3) is 5.91 Å². The molecule has 1 fully saturated rings. The summed E-state index contributed by atoms with van der Waals surface area (Å²) in [5.41, 5.74) is 1.95. The van der Waals surface area contributed by atoms with Gasteiger partial charge in [0.15, 0.2) is 0 Å². The average Bonchev–Trinajstić information content (AvgIpc) is 2.83. The highest BCUT2D eigenvalue weighted by Crippen LogP contribution is 2.32. The molecule has 3 rings (SSSR count). The van der Waals surface area contributed by atoms with Crippen molar-refractivity contribution >= 4 is 17.3 Å². The number of benzene rings is 1. The van der Waals surface area contributed by atoms with Crippen molar-refractivity contribution < 1.29 is 4.79 Å². The van der Waals surface area contributed by atoms with Crippen molar-refractivity contribution in [2.24, 2.45) is 11.0 Å². The molecule has 0 unspecified atom stereocenters. The minimum atomic E-state index is 0.0743. The molecule has 15 heavy (non-hydrogen) atoms. The second-order valence-electron chi connectivity index (χ2n) is 4.02. The minimum absolute atomic E-state index is 0.0743. The molecule has 1 aliphatic heterocycles. The van der Waals surface area contributed by atoms with Crippen molar-refractivity contribution in [2.75, 3.05) is 5.01 Å². The van der Waals surface area contributed by atoms with Crippen LogP contribution < -0.4 is 5.01 Å². The Morgan fingerprint density at radius 3 is 2.80 bits per heavy atom. The van der Waals surface area contributed by atoms with E-state index in [-0.39, 0.29) is 11.8 Å². The molecule has 0 radical (unpaired) electrons. The Labute approximate surface area is 88.4 Å². The number of carbonyl (C=O) groups excluding carboxylic acids is 1. The summed E-state index contributed by atoms with van der Waals surface area (Å²) >= 11 is 0. The lowest BCUT2D eigenvalue weighted by atomic mass is 10.1. The first kappa shape index (κ1) is 8.65. The zero-order valence-corrected chi connectivity index (χ0v) is 8.39. The zero-order valence-electron chi connectivity index (χ0n) is 8.39. The van der Waals surface area contributed by atoms with Crippen LogP contribution in [0.3, 0.4) is 0 Å². The van der Waals surface area contributed by atoms with Crippen LogP contribution in [0.25, 0.3) is 0 Å². The average molecular weight is 200 g/mol. The monoisotopic (exact) mass is 200 g/mol. The second-order valence-corrected chi connectivity index (χ2v) is 4.02. The van der Waals surface area contributed by atoms with Gasteiger partial charge in [0.2, 0.25) is 0 Å². The predicted octanol–water partition coefficient (Wildman–Crippen LogP) is 2.19. The molecule has 0 bridgehead atoms. The quantitative estimate of drug-likeness (QED) is 0.684. The number of hydrazone groups is 1. The fourth-order valence-corrected chi connectivity index (χ4v) is 2.29. The van der Waals surface area contributed by atoms with Crippen LogP contribution in [0.1, 0.15) is 19.3 Å². The third kappa shape index (κ3) is 1.27. The smallest absolute Gasteiger partial charge is 0.256 e. The van der Waals surface area contributed by atoms with E-state index in [1.807, 2.05) is 30.3 Å². The van der Waals surface area contributed by atoms with Crippen molar-refractivity contribution in [1.29, 1.82) is 0 Å². The van der Waals surface area contributed by atoms with E-state index in [1.165, 1.54) is 0 Å². The largest absolute Gasteiger partial charge is 0.272 e. The van der Waals surface area contributed by atoms with E-state index in [1.54, 1.807) is 5.01 Å². The molecule has 3 heteroatoms. The predicted molar refractivity (Wildman–Crippen MR) is 58.7 cm³/mol. The number of hydrogen-bond donors (Lipinski definition) is 0. The minimum Gasteiger partial charge on any atom is -0.272 e. The summed E-state index contributed by atoms with van der Waals surface area (Å²) in [5.74, 6) is 0.221. The Morgan fingerprint density at radius 2 is 2.07 bits per heavy atom. The van der Waals surface area contributed by atoms with E-state index >= 15 is 0 Å². The lowest BCUT2D eigenvalue weighted by molar-refractivity contribution is -0.119. The molecule has 1 aromatic rings. The van der Waals surface area contributed by atoms with E-state index in [0.29, 0.717) is 0 Å². The summed E-state index contributed by atoms with van der Waals surface area (Å²) < 4.78 is 0. The molecule has 1 saturated carbocycles. The first-order valence-electron chi connectivity index (χ1n) is 5.32. The van der Waals surface area contributed by atoms with Crippen molar-refractivity contribution in [3.63, 3.8) is 0 Å². The number of carbonyl (C=O) groups is 1. The Balaban J connectivity index is 1.97. The van der Waals surface area contributed by atoms with Gasteiger partial charge in [-0.25, -0.2) is 5.01 Å². The Morgan fingerprint density at radius 1 is 1.27 bits per heavy atom. The maximum absolute atomic E-state index is 12.0. The number of hydrogen-bond acceptors (Lipinski definition) is 2. The molecule has 3 nitrogen and oxygen atoms in total. The van der Waals surface area contributed by atoms with E-state index in [4.69, 9.17) is 0 Å². The second kappa shape index (κ2) is 3.19. The molecule has 1 amide bonds. The number of anilines is 1. The third-order valence-electron chi connectivity index (χ3n) is 3.06. The summed E-state index contributed by atoms with van der Waals surface area (Å²) in [4.78, 5) is 12.0. The fraction of sp³-hybridized carbons (Fsp3) is 0.333. The molecule has 1 atom stereocenters. The van der Waals surface area contributed by atoms with Crippen molar-refractivity contribution in [3.8, 4) is 0 Å². The lowest BCUT2D eigenvalue weighted by Gasteiger charge is -2.13. The zero-order chi connectivity index (χ0) is 10.3. The van der Waals surface area contributed by atoms with Gasteiger partial charge in [-0.1, -0.05) is 18.2 Å². The van der Waals surface area contributed by atoms with Gasteiger partial charge >= 0.3 is 0 Å². The Hall–Kier alpha value is -1.64. The van der Waals surface area contributed by atoms with E-state index in [0.717, 1.165) is 30.7 Å². The molecule has 1 aromatic carbocycles. The van der Waals surface area contributed by atoms with E-state index < -0.39 is 0 Å².